The Hall–Kier alpha value is -1.35. The van der Waals surface area contributed by atoms with Crippen molar-refractivity contribution in [3.8, 4) is 5.75 Å². The Kier molecular flexibility index (Phi) is 6.01. The number of Topliss-reactive ketones (excluding diaryl/α,β-unsaturated/α-hetero) is 1. The van der Waals surface area contributed by atoms with Crippen molar-refractivity contribution in [3.63, 3.8) is 0 Å². The average Bonchev–Trinajstić information content (AvgIpc) is 2.45. The van der Waals surface area contributed by atoms with Crippen LogP contribution in [-0.2, 0) is 0 Å². The summed E-state index contributed by atoms with van der Waals surface area (Å²) in [5.41, 5.74) is 1.84. The van der Waals surface area contributed by atoms with Gasteiger partial charge in [-0.1, -0.05) is 32.4 Å². The number of carbonyl (C=O) groups is 1. The van der Waals surface area contributed by atoms with Gasteiger partial charge in [0.25, 0.3) is 0 Å². The summed E-state index contributed by atoms with van der Waals surface area (Å²) in [7, 11) is 0. The standard InChI is InChI=1S/C19H29NO2/c1-14(2)13-22-19-8-7-15(3)10-17(19)18(21)12-20-9-5-6-16(4)11-20/h7-8,10,14,16H,5-6,9,11-13H2,1-4H3. The number of hydrogen-bond donors (Lipinski definition) is 0. The zero-order valence-corrected chi connectivity index (χ0v) is 14.4. The molecule has 0 N–H and O–H groups in total. The number of ether oxygens (including phenoxy) is 1. The Balaban J connectivity index is 2.08. The molecular weight excluding hydrogens is 274 g/mol. The van der Waals surface area contributed by atoms with E-state index < -0.39 is 0 Å². The van der Waals surface area contributed by atoms with Crippen LogP contribution in [0.1, 0.15) is 49.5 Å². The van der Waals surface area contributed by atoms with Crippen molar-refractivity contribution in [2.45, 2.75) is 40.5 Å². The lowest BCUT2D eigenvalue weighted by Crippen LogP contribution is -2.38. The predicted molar refractivity (Wildman–Crippen MR) is 90.7 cm³/mol. The van der Waals surface area contributed by atoms with Gasteiger partial charge < -0.3 is 4.74 Å². The second kappa shape index (κ2) is 7.77. The molecule has 3 nitrogen and oxygen atoms in total. The lowest BCUT2D eigenvalue weighted by molar-refractivity contribution is 0.0888. The van der Waals surface area contributed by atoms with Crippen LogP contribution < -0.4 is 4.74 Å². The molecule has 0 saturated carbocycles. The van der Waals surface area contributed by atoms with E-state index >= 15 is 0 Å². The van der Waals surface area contributed by atoms with Gasteiger partial charge in [0.05, 0.1) is 18.7 Å². The number of rotatable bonds is 6. The molecule has 0 bridgehead atoms. The molecule has 1 aromatic rings. The van der Waals surface area contributed by atoms with E-state index in [0.717, 1.165) is 30.0 Å². The van der Waals surface area contributed by atoms with E-state index in [4.69, 9.17) is 4.74 Å². The minimum absolute atomic E-state index is 0.177. The molecule has 0 aromatic heterocycles. The maximum atomic E-state index is 12.7. The van der Waals surface area contributed by atoms with Crippen LogP contribution in [0.25, 0.3) is 0 Å². The molecule has 1 heterocycles. The van der Waals surface area contributed by atoms with E-state index in [-0.39, 0.29) is 5.78 Å². The zero-order valence-electron chi connectivity index (χ0n) is 14.4. The maximum Gasteiger partial charge on any atom is 0.180 e. The Morgan fingerprint density at radius 3 is 2.86 bits per heavy atom. The summed E-state index contributed by atoms with van der Waals surface area (Å²) in [6.07, 6.45) is 2.47. The smallest absolute Gasteiger partial charge is 0.180 e. The lowest BCUT2D eigenvalue weighted by Gasteiger charge is -2.30. The van der Waals surface area contributed by atoms with Gasteiger partial charge in [-0.15, -0.1) is 0 Å². The van der Waals surface area contributed by atoms with E-state index in [1.54, 1.807) is 0 Å². The van der Waals surface area contributed by atoms with Crippen LogP contribution in [-0.4, -0.2) is 36.9 Å². The third kappa shape index (κ3) is 4.84. The molecule has 1 saturated heterocycles. The molecule has 1 aliphatic rings. The fourth-order valence-corrected chi connectivity index (χ4v) is 2.96. The van der Waals surface area contributed by atoms with E-state index in [9.17, 15) is 4.79 Å². The van der Waals surface area contributed by atoms with Gasteiger partial charge >= 0.3 is 0 Å². The summed E-state index contributed by atoms with van der Waals surface area (Å²) in [6, 6.07) is 5.91. The number of likely N-dealkylation sites (tertiary alicyclic amines) is 1. The van der Waals surface area contributed by atoms with Crippen molar-refractivity contribution >= 4 is 5.78 Å². The van der Waals surface area contributed by atoms with Gasteiger partial charge in [0, 0.05) is 6.54 Å². The molecular formula is C19H29NO2. The SMILES string of the molecule is Cc1ccc(OCC(C)C)c(C(=O)CN2CCCC(C)C2)c1. The van der Waals surface area contributed by atoms with Crippen molar-refractivity contribution in [3.05, 3.63) is 29.3 Å². The van der Waals surface area contributed by atoms with Gasteiger partial charge in [-0.05, 0) is 50.3 Å². The van der Waals surface area contributed by atoms with Gasteiger partial charge in [0.1, 0.15) is 5.75 Å². The first-order valence-electron chi connectivity index (χ1n) is 8.44. The molecule has 2 rings (SSSR count). The molecule has 0 radical (unpaired) electrons. The second-order valence-electron chi connectivity index (χ2n) is 7.11. The quantitative estimate of drug-likeness (QED) is 0.745. The van der Waals surface area contributed by atoms with Gasteiger partial charge in [-0.25, -0.2) is 0 Å². The van der Waals surface area contributed by atoms with Crippen LogP contribution in [0.15, 0.2) is 18.2 Å². The lowest BCUT2D eigenvalue weighted by atomic mass is 9.99. The molecule has 1 aromatic carbocycles. The molecule has 0 spiro atoms. The molecule has 3 heteroatoms. The summed E-state index contributed by atoms with van der Waals surface area (Å²) < 4.78 is 5.85. The Morgan fingerprint density at radius 2 is 2.18 bits per heavy atom. The number of ketones is 1. The highest BCUT2D eigenvalue weighted by Gasteiger charge is 2.21. The Bertz CT molecular complexity index is 510. The minimum Gasteiger partial charge on any atom is -0.493 e. The maximum absolute atomic E-state index is 12.7. The van der Waals surface area contributed by atoms with E-state index in [1.807, 2.05) is 25.1 Å². The monoisotopic (exact) mass is 303 g/mol. The summed E-state index contributed by atoms with van der Waals surface area (Å²) in [5, 5.41) is 0. The van der Waals surface area contributed by atoms with Crippen LogP contribution in [0.4, 0.5) is 0 Å². The number of carbonyl (C=O) groups excluding carboxylic acids is 1. The van der Waals surface area contributed by atoms with Crippen LogP contribution in [0, 0.1) is 18.8 Å². The van der Waals surface area contributed by atoms with Crippen LogP contribution in [0.2, 0.25) is 0 Å². The highest BCUT2D eigenvalue weighted by molar-refractivity contribution is 6.00. The first-order valence-corrected chi connectivity index (χ1v) is 8.44. The topological polar surface area (TPSA) is 29.5 Å². The largest absolute Gasteiger partial charge is 0.493 e. The Labute approximate surface area is 134 Å². The summed E-state index contributed by atoms with van der Waals surface area (Å²) in [4.78, 5) is 15.0. The first kappa shape index (κ1) is 17.0. The normalized spacial score (nSPS) is 19.4. The molecule has 122 valence electrons. The molecule has 0 amide bonds. The van der Waals surface area contributed by atoms with Crippen LogP contribution in [0.5, 0.6) is 5.75 Å². The molecule has 22 heavy (non-hydrogen) atoms. The van der Waals surface area contributed by atoms with Gasteiger partial charge in [-0.3, -0.25) is 9.69 Å². The van der Waals surface area contributed by atoms with E-state index in [2.05, 4.69) is 25.7 Å². The number of benzene rings is 1. The Morgan fingerprint density at radius 1 is 1.41 bits per heavy atom. The highest BCUT2D eigenvalue weighted by atomic mass is 16.5. The van der Waals surface area contributed by atoms with E-state index in [0.29, 0.717) is 25.0 Å². The van der Waals surface area contributed by atoms with Crippen molar-refractivity contribution in [1.29, 1.82) is 0 Å². The van der Waals surface area contributed by atoms with Crippen molar-refractivity contribution < 1.29 is 9.53 Å². The third-order valence-electron chi connectivity index (χ3n) is 4.12. The third-order valence-corrected chi connectivity index (χ3v) is 4.12. The summed E-state index contributed by atoms with van der Waals surface area (Å²) >= 11 is 0. The minimum atomic E-state index is 0.177. The van der Waals surface area contributed by atoms with Crippen LogP contribution in [0.3, 0.4) is 0 Å². The number of aryl methyl sites for hydroxylation is 1. The molecule has 1 atom stereocenters. The van der Waals surface area contributed by atoms with Crippen molar-refractivity contribution in [2.24, 2.45) is 11.8 Å². The summed E-state index contributed by atoms with van der Waals surface area (Å²) in [5.74, 6) is 2.05. The van der Waals surface area contributed by atoms with Crippen LogP contribution >= 0.6 is 0 Å². The molecule has 0 aliphatic carbocycles. The van der Waals surface area contributed by atoms with Gasteiger partial charge in [0.2, 0.25) is 0 Å². The highest BCUT2D eigenvalue weighted by Crippen LogP contribution is 2.23. The molecule has 1 unspecified atom stereocenters. The fourth-order valence-electron chi connectivity index (χ4n) is 2.96. The summed E-state index contributed by atoms with van der Waals surface area (Å²) in [6.45, 7) is 11.7. The first-order chi connectivity index (χ1) is 10.5. The van der Waals surface area contributed by atoms with Gasteiger partial charge in [-0.2, -0.15) is 0 Å². The molecule has 1 aliphatic heterocycles. The van der Waals surface area contributed by atoms with Crippen molar-refractivity contribution in [1.82, 2.24) is 4.90 Å². The second-order valence-corrected chi connectivity index (χ2v) is 7.11. The predicted octanol–water partition coefficient (Wildman–Crippen LogP) is 3.94. The molecule has 1 fully saturated rings. The van der Waals surface area contributed by atoms with Crippen molar-refractivity contribution in [2.75, 3.05) is 26.2 Å². The van der Waals surface area contributed by atoms with Gasteiger partial charge in [0.15, 0.2) is 5.78 Å². The number of nitrogens with zero attached hydrogens (tertiary/aromatic N) is 1. The fraction of sp³-hybridized carbons (Fsp3) is 0.632. The number of piperidine rings is 1. The zero-order chi connectivity index (χ0) is 16.1. The van der Waals surface area contributed by atoms with E-state index in [1.165, 1.54) is 12.8 Å². The number of hydrogen-bond acceptors (Lipinski definition) is 3. The average molecular weight is 303 g/mol.